The molecule has 0 radical (unpaired) electrons. The van der Waals surface area contributed by atoms with E-state index in [1.165, 1.54) is 0 Å². The first-order valence-electron chi connectivity index (χ1n) is 5.60. The zero-order chi connectivity index (χ0) is 12.3. The Balaban J connectivity index is 2.17. The molecule has 5 heteroatoms. The van der Waals surface area contributed by atoms with E-state index in [-0.39, 0.29) is 0 Å². The number of para-hydroxylation sites is 1. The van der Waals surface area contributed by atoms with Crippen molar-refractivity contribution >= 4 is 11.6 Å². The number of aryl methyl sites for hydroxylation is 1. The number of rotatable bonds is 3. The van der Waals surface area contributed by atoms with Gasteiger partial charge in [0, 0.05) is 6.54 Å². The Hall–Kier alpha value is -1.65. The molecule has 0 unspecified atom stereocenters. The average molecular weight is 240 g/mol. The van der Waals surface area contributed by atoms with Crippen molar-refractivity contribution in [2.45, 2.75) is 19.3 Å². The zero-order valence-corrected chi connectivity index (χ0v) is 9.30. The number of alkyl halides is 2. The summed E-state index contributed by atoms with van der Waals surface area (Å²) in [5.74, 6) is -0.448. The van der Waals surface area contributed by atoms with Gasteiger partial charge in [0.25, 0.3) is 12.3 Å². The average Bonchev–Trinajstić information content (AvgIpc) is 2.35. The van der Waals surface area contributed by atoms with E-state index in [0.29, 0.717) is 5.56 Å². The van der Waals surface area contributed by atoms with Crippen molar-refractivity contribution in [2.24, 2.45) is 0 Å². The van der Waals surface area contributed by atoms with Crippen LogP contribution in [-0.4, -0.2) is 25.4 Å². The van der Waals surface area contributed by atoms with Crippen molar-refractivity contribution < 1.29 is 13.6 Å². The first-order valence-corrected chi connectivity index (χ1v) is 5.60. The number of anilines is 1. The molecule has 0 aromatic heterocycles. The second-order valence-electron chi connectivity index (χ2n) is 3.97. The van der Waals surface area contributed by atoms with Gasteiger partial charge in [-0.3, -0.25) is 4.79 Å². The molecule has 0 saturated heterocycles. The molecule has 0 spiro atoms. The number of hydrogen-bond acceptors (Lipinski definition) is 2. The number of benzene rings is 1. The third kappa shape index (κ3) is 2.72. The van der Waals surface area contributed by atoms with E-state index in [1.807, 2.05) is 6.07 Å². The minimum atomic E-state index is -2.52. The lowest BCUT2D eigenvalue weighted by Gasteiger charge is -2.20. The van der Waals surface area contributed by atoms with E-state index in [4.69, 9.17) is 0 Å². The summed E-state index contributed by atoms with van der Waals surface area (Å²) in [5.41, 5.74) is 2.30. The number of nitrogens with one attached hydrogen (secondary N) is 2. The number of fused-ring (bicyclic) bond motifs is 1. The monoisotopic (exact) mass is 240 g/mol. The number of halogens is 2. The quantitative estimate of drug-likeness (QED) is 0.848. The molecule has 2 rings (SSSR count). The largest absolute Gasteiger partial charge is 0.384 e. The molecule has 0 aliphatic carbocycles. The Kier molecular flexibility index (Phi) is 3.56. The first-order chi connectivity index (χ1) is 8.18. The lowest BCUT2D eigenvalue weighted by molar-refractivity contribution is 0.0892. The number of carbonyl (C=O) groups is 1. The van der Waals surface area contributed by atoms with Gasteiger partial charge in [-0.05, 0) is 24.5 Å². The molecule has 1 aliphatic heterocycles. The summed E-state index contributed by atoms with van der Waals surface area (Å²) >= 11 is 0. The van der Waals surface area contributed by atoms with Gasteiger partial charge in [0.15, 0.2) is 0 Å². The molecule has 1 aliphatic rings. The van der Waals surface area contributed by atoms with Crippen LogP contribution in [0, 0.1) is 0 Å². The summed E-state index contributed by atoms with van der Waals surface area (Å²) in [5, 5.41) is 5.37. The standard InChI is InChI=1S/C12H14F2N2O/c13-10(14)7-16-12(17)9-5-1-3-8-4-2-6-15-11(8)9/h1,3,5,10,15H,2,4,6-7H2,(H,16,17). The van der Waals surface area contributed by atoms with Crippen LogP contribution in [0.25, 0.3) is 0 Å². The van der Waals surface area contributed by atoms with Gasteiger partial charge in [-0.2, -0.15) is 0 Å². The predicted octanol–water partition coefficient (Wildman–Crippen LogP) is 2.04. The van der Waals surface area contributed by atoms with Crippen molar-refractivity contribution in [1.29, 1.82) is 0 Å². The Morgan fingerprint density at radius 2 is 2.29 bits per heavy atom. The minimum absolute atomic E-state index is 0.447. The molecule has 0 fully saturated rings. The summed E-state index contributed by atoms with van der Waals surface area (Å²) < 4.78 is 24.0. The minimum Gasteiger partial charge on any atom is -0.384 e. The van der Waals surface area contributed by atoms with E-state index >= 15 is 0 Å². The molecular formula is C12H14F2N2O. The maximum absolute atomic E-state index is 12.0. The van der Waals surface area contributed by atoms with Crippen LogP contribution in [0.2, 0.25) is 0 Å². The van der Waals surface area contributed by atoms with Gasteiger partial charge in [-0.25, -0.2) is 8.78 Å². The molecule has 92 valence electrons. The van der Waals surface area contributed by atoms with Crippen LogP contribution in [-0.2, 0) is 6.42 Å². The van der Waals surface area contributed by atoms with Gasteiger partial charge < -0.3 is 10.6 Å². The Labute approximate surface area is 98.2 Å². The predicted molar refractivity (Wildman–Crippen MR) is 61.6 cm³/mol. The Morgan fingerprint density at radius 1 is 1.47 bits per heavy atom. The van der Waals surface area contributed by atoms with Gasteiger partial charge in [0.1, 0.15) is 0 Å². The molecule has 17 heavy (non-hydrogen) atoms. The van der Waals surface area contributed by atoms with Crippen LogP contribution >= 0.6 is 0 Å². The molecule has 1 amide bonds. The van der Waals surface area contributed by atoms with Crippen molar-refractivity contribution in [3.63, 3.8) is 0 Å². The van der Waals surface area contributed by atoms with E-state index in [0.717, 1.165) is 30.6 Å². The van der Waals surface area contributed by atoms with Gasteiger partial charge >= 0.3 is 0 Å². The zero-order valence-electron chi connectivity index (χ0n) is 9.30. The van der Waals surface area contributed by atoms with Crippen LogP contribution in [0.4, 0.5) is 14.5 Å². The van der Waals surface area contributed by atoms with Crippen molar-refractivity contribution in [1.82, 2.24) is 5.32 Å². The normalized spacial score (nSPS) is 14.1. The molecule has 2 N–H and O–H groups in total. The second kappa shape index (κ2) is 5.12. The highest BCUT2D eigenvalue weighted by Crippen LogP contribution is 2.25. The summed E-state index contributed by atoms with van der Waals surface area (Å²) in [6.07, 6.45) is -0.584. The van der Waals surface area contributed by atoms with Crippen molar-refractivity contribution in [3.8, 4) is 0 Å². The Bertz CT molecular complexity index is 421. The molecule has 3 nitrogen and oxygen atoms in total. The van der Waals surface area contributed by atoms with E-state index in [2.05, 4.69) is 10.6 Å². The fourth-order valence-corrected chi connectivity index (χ4v) is 1.96. The van der Waals surface area contributed by atoms with Crippen molar-refractivity contribution in [3.05, 3.63) is 29.3 Å². The van der Waals surface area contributed by atoms with Crippen LogP contribution in [0.15, 0.2) is 18.2 Å². The molecule has 0 bridgehead atoms. The summed E-state index contributed by atoms with van der Waals surface area (Å²) in [4.78, 5) is 11.7. The van der Waals surface area contributed by atoms with Crippen LogP contribution < -0.4 is 10.6 Å². The first kappa shape index (κ1) is 11.8. The number of hydrogen-bond donors (Lipinski definition) is 2. The summed E-state index contributed by atoms with van der Waals surface area (Å²) in [6, 6.07) is 5.38. The maximum Gasteiger partial charge on any atom is 0.255 e. The van der Waals surface area contributed by atoms with E-state index in [1.54, 1.807) is 12.1 Å². The topological polar surface area (TPSA) is 41.1 Å². The lowest BCUT2D eigenvalue weighted by Crippen LogP contribution is -2.30. The fourth-order valence-electron chi connectivity index (χ4n) is 1.96. The number of amides is 1. The van der Waals surface area contributed by atoms with Gasteiger partial charge in [0.2, 0.25) is 0 Å². The van der Waals surface area contributed by atoms with Crippen LogP contribution in [0.5, 0.6) is 0 Å². The van der Waals surface area contributed by atoms with Gasteiger partial charge in [-0.1, -0.05) is 12.1 Å². The highest BCUT2D eigenvalue weighted by molar-refractivity contribution is 6.00. The molecule has 0 atom stereocenters. The van der Waals surface area contributed by atoms with E-state index < -0.39 is 18.9 Å². The summed E-state index contributed by atoms with van der Waals surface area (Å²) in [7, 11) is 0. The molecule has 1 aromatic rings. The Morgan fingerprint density at radius 3 is 3.06 bits per heavy atom. The molecule has 1 heterocycles. The van der Waals surface area contributed by atoms with Crippen LogP contribution in [0.1, 0.15) is 22.3 Å². The third-order valence-electron chi connectivity index (χ3n) is 2.74. The van der Waals surface area contributed by atoms with Gasteiger partial charge in [-0.15, -0.1) is 0 Å². The fraction of sp³-hybridized carbons (Fsp3) is 0.417. The third-order valence-corrected chi connectivity index (χ3v) is 2.74. The highest BCUT2D eigenvalue weighted by Gasteiger charge is 2.17. The van der Waals surface area contributed by atoms with Crippen LogP contribution in [0.3, 0.4) is 0 Å². The van der Waals surface area contributed by atoms with E-state index in [9.17, 15) is 13.6 Å². The van der Waals surface area contributed by atoms with Gasteiger partial charge in [0.05, 0.1) is 17.8 Å². The lowest BCUT2D eigenvalue weighted by atomic mass is 9.99. The molecule has 1 aromatic carbocycles. The smallest absolute Gasteiger partial charge is 0.255 e. The second-order valence-corrected chi connectivity index (χ2v) is 3.97. The SMILES string of the molecule is O=C(NCC(F)F)c1cccc2c1NCCC2. The summed E-state index contributed by atoms with van der Waals surface area (Å²) in [6.45, 7) is 0.203. The number of carbonyl (C=O) groups excluding carboxylic acids is 1. The molecule has 0 saturated carbocycles. The van der Waals surface area contributed by atoms with Crippen molar-refractivity contribution in [2.75, 3.05) is 18.4 Å². The highest BCUT2D eigenvalue weighted by atomic mass is 19.3. The molecular weight excluding hydrogens is 226 g/mol. The maximum atomic E-state index is 12.0.